The Kier molecular flexibility index (Phi) is 2.00. The summed E-state index contributed by atoms with van der Waals surface area (Å²) in [6, 6.07) is 0.207. The zero-order valence-corrected chi connectivity index (χ0v) is 9.14. The molecule has 3 heterocycles. The second-order valence-electron chi connectivity index (χ2n) is 3.86. The zero-order chi connectivity index (χ0) is 11.1. The molecule has 1 aliphatic heterocycles. The van der Waals surface area contributed by atoms with E-state index in [1.165, 1.54) is 0 Å². The quantitative estimate of drug-likeness (QED) is 0.744. The van der Waals surface area contributed by atoms with Gasteiger partial charge in [0.05, 0.1) is 6.04 Å². The van der Waals surface area contributed by atoms with Crippen LogP contribution in [0.2, 0.25) is 0 Å². The fraction of sp³-hybridized carbons (Fsp3) is 0.556. The van der Waals surface area contributed by atoms with Gasteiger partial charge in [0.1, 0.15) is 5.82 Å². The molecule has 0 saturated carbocycles. The van der Waals surface area contributed by atoms with Crippen molar-refractivity contribution in [2.24, 2.45) is 0 Å². The van der Waals surface area contributed by atoms with Gasteiger partial charge in [0.2, 0.25) is 5.82 Å². The highest BCUT2D eigenvalue weighted by atomic mass is 16.5. The van der Waals surface area contributed by atoms with Crippen molar-refractivity contribution in [2.45, 2.75) is 26.4 Å². The summed E-state index contributed by atoms with van der Waals surface area (Å²) in [6.07, 6.45) is 0. The van der Waals surface area contributed by atoms with Crippen LogP contribution in [0.15, 0.2) is 4.52 Å². The van der Waals surface area contributed by atoms with Gasteiger partial charge < -0.3 is 14.4 Å². The highest BCUT2D eigenvalue weighted by molar-refractivity contribution is 5.40. The van der Waals surface area contributed by atoms with Gasteiger partial charge in [-0.15, -0.1) is 10.2 Å². The van der Waals surface area contributed by atoms with Crippen molar-refractivity contribution in [1.29, 1.82) is 0 Å². The number of hydrogen-bond acceptors (Lipinski definition) is 6. The predicted octanol–water partition coefficient (Wildman–Crippen LogP) is 0.301. The highest BCUT2D eigenvalue weighted by Gasteiger charge is 2.24. The number of aromatic nitrogens is 5. The molecule has 2 aromatic heterocycles. The molecule has 0 aromatic carbocycles. The maximum Gasteiger partial charge on any atom is 0.295 e. The standard InChI is InChI=1S/C9H12N6O/c1-5-7-12-13-8(15(7)4-3-10-5)9-11-6(2)14-16-9/h5,10H,3-4H2,1-2H3/t5-/m0/s1. The van der Waals surface area contributed by atoms with Crippen LogP contribution >= 0.6 is 0 Å². The third kappa shape index (κ3) is 1.32. The first-order valence-electron chi connectivity index (χ1n) is 5.23. The predicted molar refractivity (Wildman–Crippen MR) is 54.5 cm³/mol. The van der Waals surface area contributed by atoms with Crippen molar-refractivity contribution in [1.82, 2.24) is 30.2 Å². The Labute approximate surface area is 91.9 Å². The van der Waals surface area contributed by atoms with Gasteiger partial charge >= 0.3 is 0 Å². The average molecular weight is 220 g/mol. The first-order chi connectivity index (χ1) is 7.75. The van der Waals surface area contributed by atoms with Gasteiger partial charge in [-0.25, -0.2) is 0 Å². The summed E-state index contributed by atoms with van der Waals surface area (Å²) >= 11 is 0. The molecule has 0 bridgehead atoms. The van der Waals surface area contributed by atoms with Gasteiger partial charge in [0.15, 0.2) is 5.82 Å². The highest BCUT2D eigenvalue weighted by Crippen LogP contribution is 2.21. The number of rotatable bonds is 1. The Balaban J connectivity index is 2.09. The third-order valence-electron chi connectivity index (χ3n) is 2.67. The number of aryl methyl sites for hydroxylation is 1. The molecule has 1 atom stereocenters. The van der Waals surface area contributed by atoms with Gasteiger partial charge in [-0.3, -0.25) is 0 Å². The third-order valence-corrected chi connectivity index (χ3v) is 2.67. The van der Waals surface area contributed by atoms with Crippen LogP contribution in [0.25, 0.3) is 11.7 Å². The van der Waals surface area contributed by atoms with Crippen molar-refractivity contribution >= 4 is 0 Å². The summed E-state index contributed by atoms with van der Waals surface area (Å²) in [5.41, 5.74) is 0. The summed E-state index contributed by atoms with van der Waals surface area (Å²) in [4.78, 5) is 4.16. The van der Waals surface area contributed by atoms with E-state index in [-0.39, 0.29) is 6.04 Å². The van der Waals surface area contributed by atoms with E-state index in [1.54, 1.807) is 6.92 Å². The van der Waals surface area contributed by atoms with Gasteiger partial charge in [0, 0.05) is 13.1 Å². The lowest BCUT2D eigenvalue weighted by atomic mass is 10.2. The summed E-state index contributed by atoms with van der Waals surface area (Å²) in [7, 11) is 0. The minimum atomic E-state index is 0.207. The van der Waals surface area contributed by atoms with Crippen LogP contribution in [0.1, 0.15) is 24.6 Å². The van der Waals surface area contributed by atoms with Crippen LogP contribution in [0, 0.1) is 6.92 Å². The van der Waals surface area contributed by atoms with Gasteiger partial charge in [0.25, 0.3) is 5.89 Å². The Morgan fingerprint density at radius 2 is 2.31 bits per heavy atom. The lowest BCUT2D eigenvalue weighted by molar-refractivity contribution is 0.410. The van der Waals surface area contributed by atoms with Crippen LogP contribution in [-0.2, 0) is 6.54 Å². The zero-order valence-electron chi connectivity index (χ0n) is 9.14. The van der Waals surface area contributed by atoms with E-state index < -0.39 is 0 Å². The molecule has 1 N–H and O–H groups in total. The van der Waals surface area contributed by atoms with Gasteiger partial charge in [-0.2, -0.15) is 4.98 Å². The van der Waals surface area contributed by atoms with E-state index in [2.05, 4.69) is 32.6 Å². The number of nitrogens with one attached hydrogen (secondary N) is 1. The average Bonchev–Trinajstić information content (AvgIpc) is 2.84. The van der Waals surface area contributed by atoms with E-state index in [0.717, 1.165) is 18.9 Å². The lowest BCUT2D eigenvalue weighted by Gasteiger charge is -2.21. The van der Waals surface area contributed by atoms with Crippen molar-refractivity contribution < 1.29 is 4.52 Å². The van der Waals surface area contributed by atoms with Gasteiger partial charge in [-0.1, -0.05) is 5.16 Å². The topological polar surface area (TPSA) is 81.7 Å². The number of nitrogens with zero attached hydrogens (tertiary/aromatic N) is 5. The summed E-state index contributed by atoms with van der Waals surface area (Å²) < 4.78 is 7.13. The smallest absolute Gasteiger partial charge is 0.295 e. The number of hydrogen-bond donors (Lipinski definition) is 1. The molecule has 0 radical (unpaired) electrons. The maximum atomic E-state index is 5.11. The molecular formula is C9H12N6O. The van der Waals surface area contributed by atoms with Crippen molar-refractivity contribution in [3.63, 3.8) is 0 Å². The van der Waals surface area contributed by atoms with Crippen molar-refractivity contribution in [3.8, 4) is 11.7 Å². The second kappa shape index (κ2) is 3.38. The van der Waals surface area contributed by atoms with E-state index in [1.807, 2.05) is 4.57 Å². The number of fused-ring (bicyclic) bond motifs is 1. The molecule has 1 aliphatic rings. The monoisotopic (exact) mass is 220 g/mol. The second-order valence-corrected chi connectivity index (χ2v) is 3.86. The maximum absolute atomic E-state index is 5.11. The fourth-order valence-electron chi connectivity index (χ4n) is 1.89. The molecule has 7 nitrogen and oxygen atoms in total. The van der Waals surface area contributed by atoms with Gasteiger partial charge in [-0.05, 0) is 13.8 Å². The normalized spacial score (nSPS) is 19.8. The largest absolute Gasteiger partial charge is 0.330 e. The lowest BCUT2D eigenvalue weighted by Crippen LogP contribution is -2.32. The van der Waals surface area contributed by atoms with Crippen LogP contribution in [0.4, 0.5) is 0 Å². The minimum Gasteiger partial charge on any atom is -0.330 e. The molecule has 0 aliphatic carbocycles. The molecule has 3 rings (SSSR count). The summed E-state index contributed by atoms with van der Waals surface area (Å²) in [6.45, 7) is 5.56. The Morgan fingerprint density at radius 1 is 1.44 bits per heavy atom. The van der Waals surface area contributed by atoms with E-state index >= 15 is 0 Å². The van der Waals surface area contributed by atoms with Crippen molar-refractivity contribution in [3.05, 3.63) is 11.6 Å². The van der Waals surface area contributed by atoms with Crippen LogP contribution in [0.5, 0.6) is 0 Å². The molecule has 0 amide bonds. The van der Waals surface area contributed by atoms with E-state index in [0.29, 0.717) is 17.5 Å². The SMILES string of the molecule is Cc1noc(-c2nnc3n2CCN[C@H]3C)n1. The molecule has 0 unspecified atom stereocenters. The molecule has 2 aromatic rings. The molecule has 0 saturated heterocycles. The van der Waals surface area contributed by atoms with E-state index in [4.69, 9.17) is 4.52 Å². The first-order valence-corrected chi connectivity index (χ1v) is 5.23. The van der Waals surface area contributed by atoms with Crippen LogP contribution in [0.3, 0.4) is 0 Å². The molecule has 84 valence electrons. The molecule has 0 spiro atoms. The summed E-state index contributed by atoms with van der Waals surface area (Å²) in [5.74, 6) is 2.61. The summed E-state index contributed by atoms with van der Waals surface area (Å²) in [5, 5.41) is 15.3. The fourth-order valence-corrected chi connectivity index (χ4v) is 1.89. The van der Waals surface area contributed by atoms with Crippen LogP contribution < -0.4 is 5.32 Å². The van der Waals surface area contributed by atoms with Crippen molar-refractivity contribution in [2.75, 3.05) is 6.54 Å². The Morgan fingerprint density at radius 3 is 3.06 bits per heavy atom. The first kappa shape index (κ1) is 9.46. The van der Waals surface area contributed by atoms with Crippen LogP contribution in [-0.4, -0.2) is 31.4 Å². The molecular weight excluding hydrogens is 208 g/mol. The molecule has 16 heavy (non-hydrogen) atoms. The molecule has 0 fully saturated rings. The Bertz CT molecular complexity index is 516. The Hall–Kier alpha value is -1.76. The molecule has 7 heteroatoms. The minimum absolute atomic E-state index is 0.207. The van der Waals surface area contributed by atoms with E-state index in [9.17, 15) is 0 Å².